The molecule has 0 bridgehead atoms. The quantitative estimate of drug-likeness (QED) is 0.367. The SMILES string of the molecule is COc1cc(/C=C/C(=O)OC(C)C(=O)c2cc(C)c(C)cc2C)ccc1OCC#N. The molecule has 6 nitrogen and oxygen atoms in total. The van der Waals surface area contributed by atoms with E-state index in [1.165, 1.54) is 13.2 Å². The van der Waals surface area contributed by atoms with Gasteiger partial charge in [-0.1, -0.05) is 12.1 Å². The first-order chi connectivity index (χ1) is 14.3. The number of esters is 1. The van der Waals surface area contributed by atoms with Crippen LogP contribution in [0.4, 0.5) is 0 Å². The summed E-state index contributed by atoms with van der Waals surface area (Å²) in [4.78, 5) is 24.9. The number of Topliss-reactive ketones (excluding diaryl/α,β-unsaturated/α-hetero) is 1. The van der Waals surface area contributed by atoms with Crippen LogP contribution in [0.3, 0.4) is 0 Å². The van der Waals surface area contributed by atoms with Crippen LogP contribution in [0.1, 0.15) is 39.5 Å². The lowest BCUT2D eigenvalue weighted by atomic mass is 9.96. The first-order valence-corrected chi connectivity index (χ1v) is 9.45. The molecule has 2 rings (SSSR count). The van der Waals surface area contributed by atoms with Crippen molar-refractivity contribution in [3.63, 3.8) is 0 Å². The number of nitrogens with zero attached hydrogens (tertiary/aromatic N) is 1. The van der Waals surface area contributed by atoms with Gasteiger partial charge in [-0.15, -0.1) is 0 Å². The highest BCUT2D eigenvalue weighted by molar-refractivity contribution is 6.02. The van der Waals surface area contributed by atoms with Gasteiger partial charge in [0, 0.05) is 11.6 Å². The highest BCUT2D eigenvalue weighted by Crippen LogP contribution is 2.28. The number of benzene rings is 2. The van der Waals surface area contributed by atoms with Gasteiger partial charge in [0.2, 0.25) is 5.78 Å². The average Bonchev–Trinajstić information content (AvgIpc) is 2.72. The van der Waals surface area contributed by atoms with Crippen LogP contribution < -0.4 is 9.47 Å². The van der Waals surface area contributed by atoms with Crippen molar-refractivity contribution in [2.45, 2.75) is 33.8 Å². The van der Waals surface area contributed by atoms with Crippen molar-refractivity contribution in [3.05, 3.63) is 64.2 Å². The lowest BCUT2D eigenvalue weighted by molar-refractivity contribution is -0.140. The minimum Gasteiger partial charge on any atom is -0.493 e. The molecule has 0 fully saturated rings. The molecule has 30 heavy (non-hydrogen) atoms. The fourth-order valence-electron chi connectivity index (χ4n) is 2.89. The van der Waals surface area contributed by atoms with Crippen molar-refractivity contribution in [2.75, 3.05) is 13.7 Å². The van der Waals surface area contributed by atoms with Gasteiger partial charge in [-0.05, 0) is 74.2 Å². The maximum Gasteiger partial charge on any atom is 0.331 e. The molecule has 0 aliphatic carbocycles. The number of hydrogen-bond acceptors (Lipinski definition) is 6. The summed E-state index contributed by atoms with van der Waals surface area (Å²) in [5.74, 6) is 0.00964. The summed E-state index contributed by atoms with van der Waals surface area (Å²) >= 11 is 0. The van der Waals surface area contributed by atoms with E-state index in [-0.39, 0.29) is 12.4 Å². The van der Waals surface area contributed by atoms with Gasteiger partial charge in [0.15, 0.2) is 24.2 Å². The van der Waals surface area contributed by atoms with E-state index in [1.807, 2.05) is 39.0 Å². The number of methoxy groups -OCH3 is 1. The monoisotopic (exact) mass is 407 g/mol. The van der Waals surface area contributed by atoms with E-state index >= 15 is 0 Å². The van der Waals surface area contributed by atoms with Crippen LogP contribution >= 0.6 is 0 Å². The predicted octanol–water partition coefficient (Wildman–Crippen LogP) is 4.35. The molecular weight excluding hydrogens is 382 g/mol. The second kappa shape index (κ2) is 10.3. The number of rotatable bonds is 8. The molecule has 0 aliphatic heterocycles. The number of carbonyl (C=O) groups is 2. The maximum atomic E-state index is 12.7. The molecule has 0 spiro atoms. The van der Waals surface area contributed by atoms with Gasteiger partial charge < -0.3 is 14.2 Å². The first-order valence-electron chi connectivity index (χ1n) is 9.45. The van der Waals surface area contributed by atoms with Crippen LogP contribution in [0.25, 0.3) is 6.08 Å². The summed E-state index contributed by atoms with van der Waals surface area (Å²) in [5, 5.41) is 8.61. The lowest BCUT2D eigenvalue weighted by Gasteiger charge is -2.14. The summed E-state index contributed by atoms with van der Waals surface area (Å²) in [6.07, 6.45) is 1.90. The zero-order valence-electron chi connectivity index (χ0n) is 17.8. The van der Waals surface area contributed by atoms with Gasteiger partial charge in [-0.25, -0.2) is 4.79 Å². The predicted molar refractivity (Wildman–Crippen MR) is 114 cm³/mol. The molecule has 6 heteroatoms. The Kier molecular flexibility index (Phi) is 7.76. The van der Waals surface area contributed by atoms with Crippen molar-refractivity contribution in [3.8, 4) is 17.6 Å². The van der Waals surface area contributed by atoms with Crippen LogP contribution in [0.15, 0.2) is 36.4 Å². The minimum absolute atomic E-state index is 0.0935. The van der Waals surface area contributed by atoms with E-state index in [4.69, 9.17) is 19.5 Å². The van der Waals surface area contributed by atoms with E-state index < -0.39 is 12.1 Å². The Morgan fingerprint density at radius 1 is 1.07 bits per heavy atom. The highest BCUT2D eigenvalue weighted by atomic mass is 16.5. The molecule has 0 radical (unpaired) electrons. The van der Waals surface area contributed by atoms with Gasteiger partial charge >= 0.3 is 5.97 Å². The molecule has 1 atom stereocenters. The van der Waals surface area contributed by atoms with E-state index in [0.29, 0.717) is 22.6 Å². The van der Waals surface area contributed by atoms with Gasteiger partial charge in [-0.3, -0.25) is 4.79 Å². The fourth-order valence-corrected chi connectivity index (χ4v) is 2.89. The number of aryl methyl sites for hydroxylation is 3. The third-order valence-electron chi connectivity index (χ3n) is 4.66. The van der Waals surface area contributed by atoms with Crippen LogP contribution in [0.2, 0.25) is 0 Å². The number of ketones is 1. The summed E-state index contributed by atoms with van der Waals surface area (Å²) in [6.45, 7) is 7.26. The molecule has 0 N–H and O–H groups in total. The van der Waals surface area contributed by atoms with Crippen molar-refractivity contribution < 1.29 is 23.8 Å². The molecular formula is C24H25NO5. The number of ether oxygens (including phenoxy) is 3. The Labute approximate surface area is 176 Å². The molecule has 0 aromatic heterocycles. The van der Waals surface area contributed by atoms with Crippen molar-refractivity contribution in [2.24, 2.45) is 0 Å². The van der Waals surface area contributed by atoms with Crippen LogP contribution in [0.5, 0.6) is 11.5 Å². The third-order valence-corrected chi connectivity index (χ3v) is 4.66. The number of hydrogen-bond donors (Lipinski definition) is 0. The fraction of sp³-hybridized carbons (Fsp3) is 0.292. The third kappa shape index (κ3) is 5.71. The largest absolute Gasteiger partial charge is 0.493 e. The van der Waals surface area contributed by atoms with Crippen LogP contribution in [-0.4, -0.2) is 31.6 Å². The molecule has 2 aromatic carbocycles. The number of nitriles is 1. The molecule has 0 heterocycles. The Morgan fingerprint density at radius 3 is 2.43 bits per heavy atom. The lowest BCUT2D eigenvalue weighted by Crippen LogP contribution is -2.24. The highest BCUT2D eigenvalue weighted by Gasteiger charge is 2.20. The van der Waals surface area contributed by atoms with E-state index in [9.17, 15) is 9.59 Å². The standard InChI is InChI=1S/C24H25NO5/c1-15-12-17(3)20(13-16(15)2)24(27)18(4)30-23(26)9-7-19-6-8-21(29-11-10-25)22(14-19)28-5/h6-9,12-14,18H,11H2,1-5H3/b9-7+. The molecule has 0 saturated carbocycles. The number of carbonyl (C=O) groups excluding carboxylic acids is 2. The molecule has 0 amide bonds. The van der Waals surface area contributed by atoms with Gasteiger partial charge in [0.1, 0.15) is 6.07 Å². The smallest absolute Gasteiger partial charge is 0.331 e. The minimum atomic E-state index is -0.903. The van der Waals surface area contributed by atoms with Gasteiger partial charge in [-0.2, -0.15) is 5.26 Å². The van der Waals surface area contributed by atoms with Crippen molar-refractivity contribution in [1.82, 2.24) is 0 Å². The topological polar surface area (TPSA) is 85.6 Å². The van der Waals surface area contributed by atoms with Crippen molar-refractivity contribution in [1.29, 1.82) is 5.26 Å². The van der Waals surface area contributed by atoms with Crippen molar-refractivity contribution >= 4 is 17.8 Å². The second-order valence-corrected chi connectivity index (χ2v) is 6.89. The van der Waals surface area contributed by atoms with E-state index in [0.717, 1.165) is 16.7 Å². The van der Waals surface area contributed by atoms with E-state index in [1.54, 1.807) is 31.2 Å². The van der Waals surface area contributed by atoms with E-state index in [2.05, 4.69) is 0 Å². The maximum absolute atomic E-state index is 12.7. The second-order valence-electron chi connectivity index (χ2n) is 6.89. The van der Waals surface area contributed by atoms with Crippen LogP contribution in [-0.2, 0) is 9.53 Å². The van der Waals surface area contributed by atoms with Crippen LogP contribution in [0, 0.1) is 32.1 Å². The first kappa shape index (κ1) is 22.7. The zero-order valence-corrected chi connectivity index (χ0v) is 17.8. The normalized spacial score (nSPS) is 11.6. The zero-order chi connectivity index (χ0) is 22.3. The van der Waals surface area contributed by atoms with Gasteiger partial charge in [0.25, 0.3) is 0 Å². The Balaban J connectivity index is 2.06. The Hall–Kier alpha value is -3.59. The summed E-state index contributed by atoms with van der Waals surface area (Å²) in [7, 11) is 1.48. The summed E-state index contributed by atoms with van der Waals surface area (Å²) in [5.41, 5.74) is 4.21. The summed E-state index contributed by atoms with van der Waals surface area (Å²) in [6, 6.07) is 10.7. The Morgan fingerprint density at radius 2 is 1.77 bits per heavy atom. The Bertz CT molecular complexity index is 1020. The molecule has 0 saturated heterocycles. The molecule has 0 aliphatic rings. The average molecular weight is 407 g/mol. The molecule has 156 valence electrons. The van der Waals surface area contributed by atoms with Gasteiger partial charge in [0.05, 0.1) is 7.11 Å². The molecule has 2 aromatic rings. The molecule has 1 unspecified atom stereocenters. The summed E-state index contributed by atoms with van der Waals surface area (Å²) < 4.78 is 15.8.